The number of nitrogens with zero attached hydrogens (tertiary/aromatic N) is 2. The minimum Gasteiger partial charge on any atom is -0.353 e. The van der Waals surface area contributed by atoms with Gasteiger partial charge in [0.05, 0.1) is 4.92 Å². The van der Waals surface area contributed by atoms with Gasteiger partial charge in [0, 0.05) is 35.3 Å². The van der Waals surface area contributed by atoms with Gasteiger partial charge in [-0.05, 0) is 13.0 Å². The van der Waals surface area contributed by atoms with Crippen LogP contribution < -0.4 is 5.32 Å². The minimum atomic E-state index is -0.589. The molecule has 0 aromatic heterocycles. The van der Waals surface area contributed by atoms with Crippen LogP contribution in [0.4, 0.5) is 5.69 Å². The van der Waals surface area contributed by atoms with Crippen LogP contribution in [0.5, 0.6) is 0 Å². The molecule has 2 rings (SSSR count). The molecule has 20 heavy (non-hydrogen) atoms. The molecule has 0 radical (unpaired) electrons. The molecule has 7 nitrogen and oxygen atoms in total. The lowest BCUT2D eigenvalue weighted by atomic mass is 10.1. The highest BCUT2D eigenvalue weighted by Gasteiger charge is 2.30. The first-order valence-electron chi connectivity index (χ1n) is 5.94. The Hall–Kier alpha value is -1.96. The number of nitro groups is 1. The topological polar surface area (TPSA) is 92.6 Å². The quantitative estimate of drug-likeness (QED) is 0.648. The fraction of sp³-hybridized carbons (Fsp3) is 0.333. The molecular weight excluding hydrogens is 330 g/mol. The van der Waals surface area contributed by atoms with E-state index < -0.39 is 16.9 Å². The highest BCUT2D eigenvalue weighted by molar-refractivity contribution is 9.10. The molecule has 1 saturated heterocycles. The lowest BCUT2D eigenvalue weighted by molar-refractivity contribution is -0.385. The van der Waals surface area contributed by atoms with Crippen molar-refractivity contribution in [2.45, 2.75) is 13.0 Å². The molecule has 1 atom stereocenters. The summed E-state index contributed by atoms with van der Waals surface area (Å²) in [6, 6.07) is 3.46. The Labute approximate surface area is 123 Å². The van der Waals surface area contributed by atoms with Gasteiger partial charge in [-0.25, -0.2) is 0 Å². The number of amides is 2. The highest BCUT2D eigenvalue weighted by Crippen LogP contribution is 2.23. The van der Waals surface area contributed by atoms with Crippen molar-refractivity contribution in [3.8, 4) is 0 Å². The third-order valence-electron chi connectivity index (χ3n) is 3.10. The number of nitro benzene ring substituents is 1. The summed E-state index contributed by atoms with van der Waals surface area (Å²) in [5.41, 5.74) is 0.0180. The summed E-state index contributed by atoms with van der Waals surface area (Å²) in [6.45, 7) is 2.38. The highest BCUT2D eigenvalue weighted by atomic mass is 79.9. The Balaban J connectivity index is 2.33. The van der Waals surface area contributed by atoms with Crippen molar-refractivity contribution >= 4 is 33.4 Å². The molecule has 0 spiro atoms. The molecule has 106 valence electrons. The predicted molar refractivity (Wildman–Crippen MR) is 74.3 cm³/mol. The van der Waals surface area contributed by atoms with Gasteiger partial charge in [-0.15, -0.1) is 0 Å². The van der Waals surface area contributed by atoms with E-state index in [4.69, 9.17) is 0 Å². The van der Waals surface area contributed by atoms with Crippen LogP contribution >= 0.6 is 15.9 Å². The van der Waals surface area contributed by atoms with E-state index in [1.54, 1.807) is 6.92 Å². The summed E-state index contributed by atoms with van der Waals surface area (Å²) in [4.78, 5) is 35.6. The van der Waals surface area contributed by atoms with Gasteiger partial charge in [0.1, 0.15) is 6.04 Å². The predicted octanol–water partition coefficient (Wildman–Crippen LogP) is 1.32. The third-order valence-corrected chi connectivity index (χ3v) is 3.56. The van der Waals surface area contributed by atoms with Crippen LogP contribution in [0.2, 0.25) is 0 Å². The molecule has 1 fully saturated rings. The van der Waals surface area contributed by atoms with Gasteiger partial charge in [0.25, 0.3) is 11.6 Å². The lowest BCUT2D eigenvalue weighted by Crippen LogP contribution is -2.55. The summed E-state index contributed by atoms with van der Waals surface area (Å²) in [5.74, 6) is -0.620. The molecule has 1 aliphatic rings. The average molecular weight is 342 g/mol. The van der Waals surface area contributed by atoms with Crippen LogP contribution in [-0.2, 0) is 4.79 Å². The van der Waals surface area contributed by atoms with Gasteiger partial charge in [0.15, 0.2) is 0 Å². The van der Waals surface area contributed by atoms with E-state index in [9.17, 15) is 19.7 Å². The summed E-state index contributed by atoms with van der Waals surface area (Å²) >= 11 is 3.15. The Morgan fingerprint density at radius 1 is 1.50 bits per heavy atom. The molecule has 2 amide bonds. The number of piperazine rings is 1. The fourth-order valence-electron chi connectivity index (χ4n) is 2.03. The van der Waals surface area contributed by atoms with E-state index in [1.165, 1.54) is 23.1 Å². The molecule has 1 aliphatic heterocycles. The zero-order valence-electron chi connectivity index (χ0n) is 10.6. The van der Waals surface area contributed by atoms with Gasteiger partial charge in [-0.1, -0.05) is 15.9 Å². The second kappa shape index (κ2) is 5.58. The van der Waals surface area contributed by atoms with Gasteiger partial charge < -0.3 is 10.2 Å². The van der Waals surface area contributed by atoms with Crippen molar-refractivity contribution in [1.29, 1.82) is 0 Å². The molecule has 1 heterocycles. The Bertz CT molecular complexity index is 590. The molecule has 1 unspecified atom stereocenters. The van der Waals surface area contributed by atoms with Crippen LogP contribution in [0.15, 0.2) is 22.7 Å². The monoisotopic (exact) mass is 341 g/mol. The first-order chi connectivity index (χ1) is 9.40. The molecule has 8 heteroatoms. The maximum absolute atomic E-state index is 12.4. The number of hydrogen-bond acceptors (Lipinski definition) is 4. The standard InChI is InChI=1S/C12H12BrN3O4/c1-7-11(17)14-2-3-15(7)12(18)8-4-9(13)6-10(5-8)16(19)20/h4-7H,2-3H2,1H3,(H,14,17). The first kappa shape index (κ1) is 14.4. The number of nitrogens with one attached hydrogen (secondary N) is 1. The fourth-order valence-corrected chi connectivity index (χ4v) is 2.51. The number of carbonyl (C=O) groups is 2. The number of carbonyl (C=O) groups excluding carboxylic acids is 2. The molecule has 1 aromatic rings. The van der Waals surface area contributed by atoms with Gasteiger partial charge in [-0.2, -0.15) is 0 Å². The number of benzene rings is 1. The van der Waals surface area contributed by atoms with E-state index in [0.29, 0.717) is 17.6 Å². The van der Waals surface area contributed by atoms with Crippen molar-refractivity contribution in [2.24, 2.45) is 0 Å². The van der Waals surface area contributed by atoms with Crippen LogP contribution in [0.3, 0.4) is 0 Å². The van der Waals surface area contributed by atoms with Gasteiger partial charge in [0.2, 0.25) is 5.91 Å². The molecule has 0 aliphatic carbocycles. The molecular formula is C12H12BrN3O4. The minimum absolute atomic E-state index is 0.170. The van der Waals surface area contributed by atoms with E-state index in [-0.39, 0.29) is 17.2 Å². The number of rotatable bonds is 2. The molecule has 0 bridgehead atoms. The van der Waals surface area contributed by atoms with E-state index in [0.717, 1.165) is 0 Å². The van der Waals surface area contributed by atoms with Crippen LogP contribution in [0, 0.1) is 10.1 Å². The summed E-state index contributed by atoms with van der Waals surface area (Å²) in [7, 11) is 0. The SMILES string of the molecule is CC1C(=O)NCCN1C(=O)c1cc(Br)cc([N+](=O)[O-])c1. The van der Waals surface area contributed by atoms with Crippen LogP contribution in [0.25, 0.3) is 0 Å². The van der Waals surface area contributed by atoms with E-state index in [2.05, 4.69) is 21.2 Å². The largest absolute Gasteiger partial charge is 0.353 e. The molecule has 1 N–H and O–H groups in total. The first-order valence-corrected chi connectivity index (χ1v) is 6.73. The maximum atomic E-state index is 12.4. The Kier molecular flexibility index (Phi) is 4.03. The zero-order chi connectivity index (χ0) is 14.9. The van der Waals surface area contributed by atoms with Crippen molar-refractivity contribution in [2.75, 3.05) is 13.1 Å². The van der Waals surface area contributed by atoms with Crippen LogP contribution in [0.1, 0.15) is 17.3 Å². The van der Waals surface area contributed by atoms with Crippen LogP contribution in [-0.4, -0.2) is 40.8 Å². The molecule has 0 saturated carbocycles. The summed E-state index contributed by atoms with van der Waals surface area (Å²) in [5, 5.41) is 13.5. The Morgan fingerprint density at radius 2 is 2.20 bits per heavy atom. The summed E-state index contributed by atoms with van der Waals surface area (Å²) in [6.07, 6.45) is 0. The van der Waals surface area contributed by atoms with Crippen molar-refractivity contribution < 1.29 is 14.5 Å². The lowest BCUT2D eigenvalue weighted by Gasteiger charge is -2.32. The smallest absolute Gasteiger partial charge is 0.271 e. The van der Waals surface area contributed by atoms with Crippen molar-refractivity contribution in [1.82, 2.24) is 10.2 Å². The normalized spacial score (nSPS) is 18.6. The summed E-state index contributed by atoms with van der Waals surface area (Å²) < 4.78 is 0.448. The van der Waals surface area contributed by atoms with E-state index in [1.807, 2.05) is 0 Å². The maximum Gasteiger partial charge on any atom is 0.271 e. The number of non-ortho nitro benzene ring substituents is 1. The molecule has 1 aromatic carbocycles. The van der Waals surface area contributed by atoms with E-state index >= 15 is 0 Å². The van der Waals surface area contributed by atoms with Crippen molar-refractivity contribution in [3.63, 3.8) is 0 Å². The second-order valence-electron chi connectivity index (χ2n) is 4.42. The zero-order valence-corrected chi connectivity index (χ0v) is 12.2. The van der Waals surface area contributed by atoms with Crippen molar-refractivity contribution in [3.05, 3.63) is 38.3 Å². The van der Waals surface area contributed by atoms with Gasteiger partial charge >= 0.3 is 0 Å². The Morgan fingerprint density at radius 3 is 2.85 bits per heavy atom. The third kappa shape index (κ3) is 2.79. The average Bonchev–Trinajstić information content (AvgIpc) is 2.40. The van der Waals surface area contributed by atoms with Gasteiger partial charge in [-0.3, -0.25) is 19.7 Å². The number of halogens is 1. The second-order valence-corrected chi connectivity index (χ2v) is 5.34. The number of hydrogen-bond donors (Lipinski definition) is 1.